The lowest BCUT2D eigenvalue weighted by Gasteiger charge is -2.12. The molecule has 0 radical (unpaired) electrons. The Kier molecular flexibility index (Phi) is 5.00. The van der Waals surface area contributed by atoms with Gasteiger partial charge in [0.05, 0.1) is 11.0 Å². The van der Waals surface area contributed by atoms with Crippen LogP contribution in [0.25, 0.3) is 80.6 Å². The predicted octanol–water partition coefficient (Wildman–Crippen LogP) is 11.0. The molecule has 0 saturated heterocycles. The van der Waals surface area contributed by atoms with Gasteiger partial charge in [-0.05, 0) is 65.6 Å². The molecule has 200 valence electrons. The van der Waals surface area contributed by atoms with E-state index in [0.29, 0.717) is 0 Å². The van der Waals surface area contributed by atoms with E-state index in [-0.39, 0.29) is 0 Å². The summed E-state index contributed by atoms with van der Waals surface area (Å²) in [5.41, 5.74) is 10.1. The molecule has 0 aliphatic heterocycles. The average molecular weight is 557 g/mol. The third-order valence-electron chi connectivity index (χ3n) is 9.10. The van der Waals surface area contributed by atoms with Crippen molar-refractivity contribution in [3.05, 3.63) is 127 Å². The molecule has 0 spiro atoms. The minimum Gasteiger partial charge on any atom is -0.344 e. The van der Waals surface area contributed by atoms with Crippen LogP contribution in [0.15, 0.2) is 121 Å². The van der Waals surface area contributed by atoms with Crippen LogP contribution in [0.1, 0.15) is 12.5 Å². The molecule has 3 heteroatoms. The zero-order valence-electron chi connectivity index (χ0n) is 23.6. The molecule has 0 bridgehead atoms. The van der Waals surface area contributed by atoms with E-state index in [9.17, 15) is 0 Å². The molecule has 42 heavy (non-hydrogen) atoms. The normalized spacial score (nSPS) is 12.1. The lowest BCUT2D eigenvalue weighted by molar-refractivity contribution is 1.01. The number of hydrogen-bond donors (Lipinski definition) is 0. The van der Waals surface area contributed by atoms with Crippen LogP contribution >= 0.6 is 11.3 Å². The van der Waals surface area contributed by atoms with Crippen LogP contribution in [0.5, 0.6) is 0 Å². The molecule has 0 N–H and O–H groups in total. The Labute approximate surface area is 247 Å². The maximum absolute atomic E-state index is 2.48. The molecule has 0 aliphatic rings. The van der Waals surface area contributed by atoms with Gasteiger partial charge >= 0.3 is 0 Å². The number of benzene rings is 6. The van der Waals surface area contributed by atoms with Gasteiger partial charge in [-0.15, -0.1) is 11.3 Å². The first kappa shape index (κ1) is 23.8. The van der Waals surface area contributed by atoms with Crippen molar-refractivity contribution in [1.29, 1.82) is 0 Å². The van der Waals surface area contributed by atoms with E-state index in [0.717, 1.165) is 6.42 Å². The van der Waals surface area contributed by atoms with Gasteiger partial charge in [0.25, 0.3) is 0 Å². The Bertz CT molecular complexity index is 2520. The van der Waals surface area contributed by atoms with E-state index < -0.39 is 0 Å². The van der Waals surface area contributed by atoms with Crippen molar-refractivity contribution < 1.29 is 0 Å². The molecule has 9 rings (SSSR count). The van der Waals surface area contributed by atoms with Gasteiger partial charge < -0.3 is 9.13 Å². The molecule has 0 saturated carbocycles. The van der Waals surface area contributed by atoms with Crippen LogP contribution in [-0.4, -0.2) is 9.13 Å². The smallest absolute Gasteiger partial charge is 0.0547 e. The molecule has 0 fully saturated rings. The maximum Gasteiger partial charge on any atom is 0.0547 e. The number of para-hydroxylation sites is 2. The first-order chi connectivity index (χ1) is 20.7. The number of nitrogens with zero attached hydrogens (tertiary/aromatic N) is 2. The first-order valence-corrected chi connectivity index (χ1v) is 15.5. The highest BCUT2D eigenvalue weighted by Crippen LogP contribution is 2.41. The van der Waals surface area contributed by atoms with Gasteiger partial charge in [0.15, 0.2) is 0 Å². The minimum atomic E-state index is 1.00. The summed E-state index contributed by atoms with van der Waals surface area (Å²) in [6.07, 6.45) is 1.00. The number of thiophene rings is 1. The fourth-order valence-corrected chi connectivity index (χ4v) is 8.31. The molecule has 9 aromatic rings. The Hall–Kier alpha value is -4.86. The number of hydrogen-bond acceptors (Lipinski definition) is 1. The Morgan fingerprint density at radius 2 is 1.12 bits per heavy atom. The number of fused-ring (bicyclic) bond motifs is 9. The average Bonchev–Trinajstić information content (AvgIpc) is 3.68. The summed E-state index contributed by atoms with van der Waals surface area (Å²) < 4.78 is 7.56. The maximum atomic E-state index is 2.48. The topological polar surface area (TPSA) is 9.86 Å². The highest BCUT2D eigenvalue weighted by Gasteiger charge is 2.17. The molecule has 6 aromatic carbocycles. The van der Waals surface area contributed by atoms with Crippen LogP contribution in [0, 0.1) is 0 Å². The zero-order valence-corrected chi connectivity index (χ0v) is 24.4. The zero-order chi connectivity index (χ0) is 27.9. The highest BCUT2D eigenvalue weighted by atomic mass is 32.1. The quantitative estimate of drug-likeness (QED) is 0.205. The van der Waals surface area contributed by atoms with E-state index in [1.54, 1.807) is 0 Å². The second kappa shape index (κ2) is 8.82. The molecule has 2 nitrogen and oxygen atoms in total. The van der Waals surface area contributed by atoms with E-state index in [2.05, 4.69) is 144 Å². The third-order valence-corrected chi connectivity index (χ3v) is 10.4. The van der Waals surface area contributed by atoms with Crippen LogP contribution in [0.4, 0.5) is 0 Å². The second-order valence-electron chi connectivity index (χ2n) is 11.3. The summed E-state index contributed by atoms with van der Waals surface area (Å²) in [6.45, 7) is 2.27. The van der Waals surface area contributed by atoms with Crippen molar-refractivity contribution in [1.82, 2.24) is 9.13 Å². The molecule has 0 amide bonds. The summed E-state index contributed by atoms with van der Waals surface area (Å²) in [7, 11) is 2.17. The number of rotatable bonds is 3. The molecule has 3 heterocycles. The van der Waals surface area contributed by atoms with Crippen molar-refractivity contribution in [2.75, 3.05) is 0 Å². The van der Waals surface area contributed by atoms with Crippen LogP contribution < -0.4 is 0 Å². The summed E-state index contributed by atoms with van der Waals surface area (Å²) in [5, 5.41) is 7.88. The van der Waals surface area contributed by atoms with E-state index >= 15 is 0 Å². The van der Waals surface area contributed by atoms with Crippen molar-refractivity contribution in [2.24, 2.45) is 7.05 Å². The lowest BCUT2D eigenvalue weighted by Crippen LogP contribution is -1.96. The van der Waals surface area contributed by atoms with E-state index in [1.807, 2.05) is 11.3 Å². The van der Waals surface area contributed by atoms with Crippen molar-refractivity contribution in [3.8, 4) is 16.8 Å². The molecular formula is C39H28N2S. The third kappa shape index (κ3) is 3.26. The Morgan fingerprint density at radius 1 is 0.524 bits per heavy atom. The van der Waals surface area contributed by atoms with Gasteiger partial charge in [-0.25, -0.2) is 0 Å². The molecular weight excluding hydrogens is 529 g/mol. The van der Waals surface area contributed by atoms with E-state index in [4.69, 9.17) is 0 Å². The van der Waals surface area contributed by atoms with Gasteiger partial charge in [0.2, 0.25) is 0 Å². The summed E-state index contributed by atoms with van der Waals surface area (Å²) >= 11 is 1.92. The molecule has 0 unspecified atom stereocenters. The standard InChI is InChI=1S/C39H28N2S/c1-3-24-20-27(23-33-32-12-6-9-15-38(32)42-39(24)33)41-35-14-8-5-11-29(35)31-19-17-26(22-37(31)41)25-16-18-30-28-10-4-7-13-34(28)40(2)36(30)21-25/h4-23H,3H2,1-2H3. The van der Waals surface area contributed by atoms with Gasteiger partial charge in [0.1, 0.15) is 0 Å². The summed E-state index contributed by atoms with van der Waals surface area (Å²) in [4.78, 5) is 0. The van der Waals surface area contributed by atoms with Gasteiger partial charge in [-0.3, -0.25) is 0 Å². The minimum absolute atomic E-state index is 1.00. The van der Waals surface area contributed by atoms with E-state index in [1.165, 1.54) is 86.2 Å². The van der Waals surface area contributed by atoms with Gasteiger partial charge in [-0.1, -0.05) is 85.8 Å². The Morgan fingerprint density at radius 3 is 1.88 bits per heavy atom. The van der Waals surface area contributed by atoms with Crippen LogP contribution in [-0.2, 0) is 13.5 Å². The van der Waals surface area contributed by atoms with Gasteiger partial charge in [0, 0.05) is 65.5 Å². The van der Waals surface area contributed by atoms with Crippen LogP contribution in [0.3, 0.4) is 0 Å². The summed E-state index contributed by atoms with van der Waals surface area (Å²) in [5.74, 6) is 0. The first-order valence-electron chi connectivity index (χ1n) is 14.6. The number of aryl methyl sites for hydroxylation is 2. The van der Waals surface area contributed by atoms with Crippen molar-refractivity contribution >= 4 is 75.1 Å². The molecule has 0 atom stereocenters. The summed E-state index contributed by atoms with van der Waals surface area (Å²) in [6, 6.07) is 45.1. The van der Waals surface area contributed by atoms with Crippen LogP contribution in [0.2, 0.25) is 0 Å². The Balaban J connectivity index is 1.32. The molecule has 0 aliphatic carbocycles. The van der Waals surface area contributed by atoms with Crippen molar-refractivity contribution in [3.63, 3.8) is 0 Å². The lowest BCUT2D eigenvalue weighted by atomic mass is 10.0. The predicted molar refractivity (Wildman–Crippen MR) is 182 cm³/mol. The monoisotopic (exact) mass is 556 g/mol. The largest absolute Gasteiger partial charge is 0.344 e. The molecule has 3 aromatic heterocycles. The van der Waals surface area contributed by atoms with Crippen molar-refractivity contribution in [2.45, 2.75) is 13.3 Å². The fraction of sp³-hybridized carbons (Fsp3) is 0.0769. The fourth-order valence-electron chi connectivity index (χ4n) is 7.04. The second-order valence-corrected chi connectivity index (χ2v) is 12.4. The SMILES string of the molecule is CCc1cc(-n2c3ccccc3c3ccc(-c4ccc5c6ccccc6n(C)c5c4)cc32)cc2c1sc1ccccc12. The highest BCUT2D eigenvalue weighted by molar-refractivity contribution is 7.26. The van der Waals surface area contributed by atoms with Gasteiger partial charge in [-0.2, -0.15) is 0 Å². The number of aromatic nitrogens is 2.